The molecule has 0 aromatic heterocycles. The number of rotatable bonds is 6. The molecule has 0 saturated heterocycles. The Bertz CT molecular complexity index is 835. The third-order valence-corrected chi connectivity index (χ3v) is 4.40. The number of allylic oxidation sites excluding steroid dienone is 1. The Balaban J connectivity index is 1.87. The van der Waals surface area contributed by atoms with Crippen LogP contribution in [0.25, 0.3) is 10.8 Å². The van der Waals surface area contributed by atoms with Crippen molar-refractivity contribution < 1.29 is 9.53 Å². The molecule has 2 rings (SSSR count). The quantitative estimate of drug-likeness (QED) is 0.610. The van der Waals surface area contributed by atoms with Gasteiger partial charge >= 0.3 is 5.97 Å². The Labute approximate surface area is 156 Å². The maximum atomic E-state index is 11.6. The summed E-state index contributed by atoms with van der Waals surface area (Å²) >= 11 is 0. The summed E-state index contributed by atoms with van der Waals surface area (Å²) in [6, 6.07) is 15.1. The lowest BCUT2D eigenvalue weighted by molar-refractivity contribution is -0.150. The lowest BCUT2D eigenvalue weighted by Crippen LogP contribution is -2.24. The van der Waals surface area contributed by atoms with Crippen LogP contribution < -0.4 is 5.32 Å². The number of esters is 1. The molecule has 0 fully saturated rings. The Morgan fingerprint density at radius 1 is 1.23 bits per heavy atom. The van der Waals surface area contributed by atoms with Gasteiger partial charge < -0.3 is 10.1 Å². The average Bonchev–Trinajstić information content (AvgIpc) is 2.65. The number of fused-ring (bicyclic) bond motifs is 1. The fraction of sp³-hybridized carbons (Fsp3) is 0.348. The minimum Gasteiger partial charge on any atom is -0.469 e. The summed E-state index contributed by atoms with van der Waals surface area (Å²) in [6.07, 6.45) is 4.31. The van der Waals surface area contributed by atoms with Crippen molar-refractivity contribution in [3.8, 4) is 11.8 Å². The predicted molar refractivity (Wildman–Crippen MR) is 108 cm³/mol. The van der Waals surface area contributed by atoms with E-state index in [4.69, 9.17) is 4.74 Å². The summed E-state index contributed by atoms with van der Waals surface area (Å²) in [4.78, 5) is 11.6. The van der Waals surface area contributed by atoms with E-state index in [-0.39, 0.29) is 12.0 Å². The molecular formula is C23H27NO2. The zero-order chi connectivity index (χ0) is 19.0. The summed E-state index contributed by atoms with van der Waals surface area (Å²) < 4.78 is 4.77. The van der Waals surface area contributed by atoms with Crippen molar-refractivity contribution in [3.63, 3.8) is 0 Å². The van der Waals surface area contributed by atoms with Crippen molar-refractivity contribution in [2.24, 2.45) is 5.41 Å². The number of carbonyl (C=O) groups is 1. The summed E-state index contributed by atoms with van der Waals surface area (Å²) in [7, 11) is 1.40. The number of carbonyl (C=O) groups excluding carboxylic acids is 1. The SMILES string of the molecule is COC(=O)C(C)(C)CC#C/C=C/CN[C@H](C)c1cccc2ccccc12. The molecule has 0 aliphatic heterocycles. The highest BCUT2D eigenvalue weighted by Gasteiger charge is 2.27. The molecule has 0 aliphatic carbocycles. The van der Waals surface area contributed by atoms with Crippen LogP contribution in [-0.4, -0.2) is 19.6 Å². The van der Waals surface area contributed by atoms with E-state index in [2.05, 4.69) is 66.5 Å². The average molecular weight is 349 g/mol. The number of nitrogens with one attached hydrogen (secondary N) is 1. The third kappa shape index (κ3) is 5.21. The maximum absolute atomic E-state index is 11.6. The Kier molecular flexibility index (Phi) is 7.00. The lowest BCUT2D eigenvalue weighted by atomic mass is 9.90. The van der Waals surface area contributed by atoms with Gasteiger partial charge in [-0.15, -0.1) is 0 Å². The van der Waals surface area contributed by atoms with Gasteiger partial charge in [-0.2, -0.15) is 0 Å². The predicted octanol–water partition coefficient (Wildman–Crippen LogP) is 4.64. The highest BCUT2D eigenvalue weighted by Crippen LogP contribution is 2.24. The molecule has 26 heavy (non-hydrogen) atoms. The number of hydrogen-bond acceptors (Lipinski definition) is 3. The van der Waals surface area contributed by atoms with E-state index in [0.29, 0.717) is 6.42 Å². The summed E-state index contributed by atoms with van der Waals surface area (Å²) in [6.45, 7) is 6.58. The second-order valence-corrected chi connectivity index (χ2v) is 6.97. The van der Waals surface area contributed by atoms with Crippen LogP contribution >= 0.6 is 0 Å². The highest BCUT2D eigenvalue weighted by molar-refractivity contribution is 5.86. The van der Waals surface area contributed by atoms with Gasteiger partial charge in [0.25, 0.3) is 0 Å². The van der Waals surface area contributed by atoms with Gasteiger partial charge in [0.05, 0.1) is 12.5 Å². The molecule has 0 saturated carbocycles. The Morgan fingerprint density at radius 3 is 2.73 bits per heavy atom. The van der Waals surface area contributed by atoms with E-state index in [0.717, 1.165) is 6.54 Å². The molecule has 3 nitrogen and oxygen atoms in total. The Morgan fingerprint density at radius 2 is 1.96 bits per heavy atom. The number of benzene rings is 2. The normalized spacial score (nSPS) is 12.6. The third-order valence-electron chi connectivity index (χ3n) is 4.40. The molecule has 0 radical (unpaired) electrons. The molecule has 3 heteroatoms. The molecular weight excluding hydrogens is 322 g/mol. The van der Waals surface area contributed by atoms with Gasteiger partial charge in [0, 0.05) is 19.0 Å². The van der Waals surface area contributed by atoms with Crippen molar-refractivity contribution in [3.05, 3.63) is 60.2 Å². The van der Waals surface area contributed by atoms with E-state index in [1.54, 1.807) is 0 Å². The van der Waals surface area contributed by atoms with Crippen molar-refractivity contribution in [2.45, 2.75) is 33.2 Å². The molecule has 0 amide bonds. The summed E-state index contributed by atoms with van der Waals surface area (Å²) in [5, 5.41) is 6.04. The van der Waals surface area contributed by atoms with Crippen LogP contribution in [0.5, 0.6) is 0 Å². The second-order valence-electron chi connectivity index (χ2n) is 6.97. The fourth-order valence-electron chi connectivity index (χ4n) is 2.78. The van der Waals surface area contributed by atoms with Crippen molar-refractivity contribution in [1.29, 1.82) is 0 Å². The molecule has 1 N–H and O–H groups in total. The van der Waals surface area contributed by atoms with Gasteiger partial charge in [0.15, 0.2) is 0 Å². The van der Waals surface area contributed by atoms with Crippen LogP contribution in [0.2, 0.25) is 0 Å². The first-order valence-corrected chi connectivity index (χ1v) is 8.88. The van der Waals surface area contributed by atoms with Gasteiger partial charge in [-0.25, -0.2) is 0 Å². The van der Waals surface area contributed by atoms with Crippen LogP contribution in [0.15, 0.2) is 54.6 Å². The van der Waals surface area contributed by atoms with E-state index in [1.165, 1.54) is 23.4 Å². The smallest absolute Gasteiger partial charge is 0.312 e. The zero-order valence-corrected chi connectivity index (χ0v) is 16.0. The molecule has 0 bridgehead atoms. The zero-order valence-electron chi connectivity index (χ0n) is 16.0. The van der Waals surface area contributed by atoms with E-state index < -0.39 is 5.41 Å². The monoisotopic (exact) mass is 349 g/mol. The molecule has 0 aliphatic rings. The van der Waals surface area contributed by atoms with E-state index in [9.17, 15) is 4.79 Å². The molecule has 0 unspecified atom stereocenters. The standard InChI is InChI=1S/C23H27NO2/c1-18(20-15-11-13-19-12-7-8-14-21(19)20)24-17-10-6-5-9-16-23(2,3)22(25)26-4/h6-8,10-15,18,24H,16-17H2,1-4H3/b10-6+/t18-/m1/s1. The second kappa shape index (κ2) is 9.22. The number of methoxy groups -OCH3 is 1. The topological polar surface area (TPSA) is 38.3 Å². The fourth-order valence-corrected chi connectivity index (χ4v) is 2.78. The molecule has 2 aromatic carbocycles. The lowest BCUT2D eigenvalue weighted by Gasteiger charge is -2.17. The largest absolute Gasteiger partial charge is 0.469 e. The summed E-state index contributed by atoms with van der Waals surface area (Å²) in [5.74, 6) is 5.77. The molecule has 136 valence electrons. The first-order valence-electron chi connectivity index (χ1n) is 8.88. The first kappa shape index (κ1) is 19.8. The van der Waals surface area contributed by atoms with Gasteiger partial charge in [-0.1, -0.05) is 60.4 Å². The minimum atomic E-state index is -0.573. The van der Waals surface area contributed by atoms with Gasteiger partial charge in [0.1, 0.15) is 0 Å². The van der Waals surface area contributed by atoms with Gasteiger partial charge in [-0.3, -0.25) is 4.79 Å². The highest BCUT2D eigenvalue weighted by atomic mass is 16.5. The van der Waals surface area contributed by atoms with Crippen LogP contribution in [0.1, 0.15) is 38.8 Å². The van der Waals surface area contributed by atoms with E-state index in [1.807, 2.05) is 26.0 Å². The van der Waals surface area contributed by atoms with E-state index >= 15 is 0 Å². The molecule has 1 atom stereocenters. The number of ether oxygens (including phenoxy) is 1. The molecule has 0 heterocycles. The van der Waals surface area contributed by atoms with Gasteiger partial charge in [0.2, 0.25) is 0 Å². The van der Waals surface area contributed by atoms with Crippen molar-refractivity contribution in [2.75, 3.05) is 13.7 Å². The van der Waals surface area contributed by atoms with Crippen LogP contribution in [0.3, 0.4) is 0 Å². The van der Waals surface area contributed by atoms with Crippen LogP contribution in [0, 0.1) is 17.3 Å². The van der Waals surface area contributed by atoms with Crippen molar-refractivity contribution in [1.82, 2.24) is 5.32 Å². The van der Waals surface area contributed by atoms with Crippen LogP contribution in [0.4, 0.5) is 0 Å². The number of hydrogen-bond donors (Lipinski definition) is 1. The molecule has 0 spiro atoms. The summed E-state index contributed by atoms with van der Waals surface area (Å²) in [5.41, 5.74) is 0.721. The van der Waals surface area contributed by atoms with Gasteiger partial charge in [-0.05, 0) is 43.2 Å². The van der Waals surface area contributed by atoms with Crippen molar-refractivity contribution >= 4 is 16.7 Å². The Hall–Kier alpha value is -2.57. The molecule has 2 aromatic rings. The maximum Gasteiger partial charge on any atom is 0.312 e. The van der Waals surface area contributed by atoms with Crippen LogP contribution in [-0.2, 0) is 9.53 Å². The minimum absolute atomic E-state index is 0.235. The first-order chi connectivity index (χ1) is 12.5.